The van der Waals surface area contributed by atoms with Crippen molar-refractivity contribution in [3.8, 4) is 0 Å². The molecule has 0 unspecified atom stereocenters. The van der Waals surface area contributed by atoms with Crippen LogP contribution in [0.3, 0.4) is 0 Å². The van der Waals surface area contributed by atoms with E-state index in [1.54, 1.807) is 6.92 Å². The summed E-state index contributed by atoms with van der Waals surface area (Å²) in [6, 6.07) is 3.92. The molecule has 1 aromatic rings. The molecule has 1 N–H and O–H groups in total. The van der Waals surface area contributed by atoms with Gasteiger partial charge in [-0.3, -0.25) is 4.55 Å². The highest BCUT2D eigenvalue weighted by Gasteiger charge is 2.16. The summed E-state index contributed by atoms with van der Waals surface area (Å²) in [5.74, 6) is -0.888. The van der Waals surface area contributed by atoms with E-state index >= 15 is 0 Å². The van der Waals surface area contributed by atoms with Crippen LogP contribution in [0.1, 0.15) is 11.1 Å². The van der Waals surface area contributed by atoms with Gasteiger partial charge in [-0.15, -0.1) is 0 Å². The van der Waals surface area contributed by atoms with Gasteiger partial charge in [0.05, 0.1) is 0 Å². The summed E-state index contributed by atoms with van der Waals surface area (Å²) in [7, 11) is -4.40. The maximum atomic E-state index is 12.8. The minimum absolute atomic E-state index is 0.201. The number of benzene rings is 1. The fourth-order valence-electron chi connectivity index (χ4n) is 1.08. The lowest BCUT2D eigenvalue weighted by atomic mass is 10.1. The lowest BCUT2D eigenvalue weighted by Gasteiger charge is -2.04. The van der Waals surface area contributed by atoms with Gasteiger partial charge in [-0.2, -0.15) is 8.42 Å². The van der Waals surface area contributed by atoms with E-state index in [-0.39, 0.29) is 5.56 Å². The van der Waals surface area contributed by atoms with E-state index < -0.39 is 20.8 Å². The zero-order valence-electron chi connectivity index (χ0n) is 7.49. The highest BCUT2D eigenvalue weighted by molar-refractivity contribution is 7.85. The van der Waals surface area contributed by atoms with E-state index in [2.05, 4.69) is 6.58 Å². The van der Waals surface area contributed by atoms with Crippen molar-refractivity contribution in [2.45, 2.75) is 11.8 Å². The summed E-state index contributed by atoms with van der Waals surface area (Å²) < 4.78 is 43.2. The van der Waals surface area contributed by atoms with E-state index in [0.717, 1.165) is 6.07 Å². The minimum atomic E-state index is -4.40. The molecule has 3 nitrogen and oxygen atoms in total. The Morgan fingerprint density at radius 1 is 1.50 bits per heavy atom. The lowest BCUT2D eigenvalue weighted by molar-refractivity contribution is 0.482. The van der Waals surface area contributed by atoms with E-state index in [0.29, 0.717) is 5.56 Å². The van der Waals surface area contributed by atoms with Gasteiger partial charge in [-0.25, -0.2) is 4.39 Å². The van der Waals surface area contributed by atoms with Crippen LogP contribution in [0.5, 0.6) is 0 Å². The smallest absolute Gasteiger partial charge is 0.282 e. The minimum Gasteiger partial charge on any atom is -0.282 e. The zero-order chi connectivity index (χ0) is 10.9. The molecule has 0 amide bonds. The van der Waals surface area contributed by atoms with Crippen molar-refractivity contribution in [2.24, 2.45) is 0 Å². The maximum absolute atomic E-state index is 12.8. The van der Waals surface area contributed by atoms with Crippen molar-refractivity contribution in [3.05, 3.63) is 35.9 Å². The van der Waals surface area contributed by atoms with Crippen molar-refractivity contribution in [1.29, 1.82) is 0 Å². The quantitative estimate of drug-likeness (QED) is 0.771. The van der Waals surface area contributed by atoms with Crippen LogP contribution >= 0.6 is 0 Å². The molecule has 5 heteroatoms. The topological polar surface area (TPSA) is 54.4 Å². The summed E-state index contributed by atoms with van der Waals surface area (Å²) in [6.07, 6.45) is 0. The summed E-state index contributed by atoms with van der Waals surface area (Å²) in [6.45, 7) is 4.68. The number of hydrogen-bond donors (Lipinski definition) is 1. The van der Waals surface area contributed by atoms with Crippen LogP contribution in [0, 0.1) is 6.92 Å². The summed E-state index contributed by atoms with van der Waals surface area (Å²) in [5, 5.41) is 0. The molecule has 0 heterocycles. The first kappa shape index (κ1) is 10.9. The van der Waals surface area contributed by atoms with E-state index in [9.17, 15) is 12.8 Å². The van der Waals surface area contributed by atoms with Crippen LogP contribution in [0.15, 0.2) is 29.7 Å². The Kier molecular flexibility index (Phi) is 2.73. The second-order valence-electron chi connectivity index (χ2n) is 2.88. The molecule has 0 aliphatic carbocycles. The van der Waals surface area contributed by atoms with Gasteiger partial charge >= 0.3 is 0 Å². The van der Waals surface area contributed by atoms with Crippen molar-refractivity contribution in [2.75, 3.05) is 0 Å². The molecule has 0 fully saturated rings. The summed E-state index contributed by atoms with van der Waals surface area (Å²) in [5.41, 5.74) is 0.485. The van der Waals surface area contributed by atoms with Gasteiger partial charge in [0.2, 0.25) is 0 Å². The number of aryl methyl sites for hydroxylation is 1. The van der Waals surface area contributed by atoms with Gasteiger partial charge in [-0.1, -0.05) is 18.2 Å². The van der Waals surface area contributed by atoms with Crippen LogP contribution in [0.4, 0.5) is 4.39 Å². The summed E-state index contributed by atoms with van der Waals surface area (Å²) >= 11 is 0. The molecule has 0 atom stereocenters. The third kappa shape index (κ3) is 2.18. The highest BCUT2D eigenvalue weighted by Crippen LogP contribution is 2.24. The monoisotopic (exact) mass is 216 g/mol. The molecule has 76 valence electrons. The Bertz CT molecular complexity index is 477. The highest BCUT2D eigenvalue weighted by atomic mass is 32.2. The lowest BCUT2D eigenvalue weighted by Crippen LogP contribution is -2.02. The Hall–Kier alpha value is -1.20. The fraction of sp³-hybridized carbons (Fsp3) is 0.111. The maximum Gasteiger partial charge on any atom is 0.295 e. The van der Waals surface area contributed by atoms with E-state index in [1.165, 1.54) is 12.1 Å². The predicted molar refractivity (Wildman–Crippen MR) is 51.1 cm³/mol. The Morgan fingerprint density at radius 3 is 2.50 bits per heavy atom. The Labute approximate surface area is 81.6 Å². The third-order valence-corrected chi connectivity index (χ3v) is 2.62. The first-order valence-electron chi connectivity index (χ1n) is 3.75. The zero-order valence-corrected chi connectivity index (χ0v) is 8.31. The molecule has 14 heavy (non-hydrogen) atoms. The number of hydrogen-bond acceptors (Lipinski definition) is 2. The van der Waals surface area contributed by atoms with Crippen molar-refractivity contribution < 1.29 is 17.4 Å². The van der Waals surface area contributed by atoms with Crippen molar-refractivity contribution >= 4 is 15.9 Å². The number of rotatable bonds is 2. The fourth-order valence-corrected chi connectivity index (χ4v) is 1.77. The van der Waals surface area contributed by atoms with Gasteiger partial charge in [0, 0.05) is 5.56 Å². The van der Waals surface area contributed by atoms with Crippen LogP contribution < -0.4 is 0 Å². The standard InChI is InChI=1S/C9H9FO3S/c1-6-3-4-9(14(11,12)13)8(5-6)7(2)10/h3-5H,2H2,1H3,(H,11,12,13). The average Bonchev–Trinajstić information content (AvgIpc) is 2.01. The molecular weight excluding hydrogens is 207 g/mol. The van der Waals surface area contributed by atoms with E-state index in [1.807, 2.05) is 0 Å². The Balaban J connectivity index is 3.53. The van der Waals surface area contributed by atoms with Gasteiger partial charge < -0.3 is 0 Å². The van der Waals surface area contributed by atoms with Gasteiger partial charge in [-0.05, 0) is 19.1 Å². The molecule has 0 saturated carbocycles. The number of halogens is 1. The normalized spacial score (nSPS) is 11.4. The molecule has 1 aromatic carbocycles. The molecule has 0 radical (unpaired) electrons. The first-order valence-corrected chi connectivity index (χ1v) is 5.19. The van der Waals surface area contributed by atoms with E-state index in [4.69, 9.17) is 4.55 Å². The van der Waals surface area contributed by atoms with Crippen molar-refractivity contribution in [1.82, 2.24) is 0 Å². The second-order valence-corrected chi connectivity index (χ2v) is 4.27. The molecule has 0 aliphatic rings. The first-order chi connectivity index (χ1) is 6.32. The molecule has 0 bridgehead atoms. The van der Waals surface area contributed by atoms with Gasteiger partial charge in [0.25, 0.3) is 10.1 Å². The SMILES string of the molecule is C=C(F)c1cc(C)ccc1S(=O)(=O)O. The van der Waals surface area contributed by atoms with Crippen molar-refractivity contribution in [3.63, 3.8) is 0 Å². The largest absolute Gasteiger partial charge is 0.295 e. The molecule has 1 rings (SSSR count). The predicted octanol–water partition coefficient (Wildman–Crippen LogP) is 2.18. The summed E-state index contributed by atoms with van der Waals surface area (Å²) in [4.78, 5) is -0.462. The Morgan fingerprint density at radius 2 is 2.07 bits per heavy atom. The molecule has 0 aliphatic heterocycles. The average molecular weight is 216 g/mol. The van der Waals surface area contributed by atoms with Gasteiger partial charge in [0.15, 0.2) is 0 Å². The van der Waals surface area contributed by atoms with Crippen LogP contribution in [0.2, 0.25) is 0 Å². The van der Waals surface area contributed by atoms with Crippen LogP contribution in [-0.2, 0) is 10.1 Å². The molecule has 0 saturated heterocycles. The molecular formula is C9H9FO3S. The second kappa shape index (κ2) is 3.51. The van der Waals surface area contributed by atoms with Gasteiger partial charge in [0.1, 0.15) is 10.7 Å². The molecule has 0 aromatic heterocycles. The van der Waals surface area contributed by atoms with Crippen LogP contribution in [0.25, 0.3) is 5.83 Å². The van der Waals surface area contributed by atoms with Crippen LogP contribution in [-0.4, -0.2) is 13.0 Å². The molecule has 0 spiro atoms. The third-order valence-electron chi connectivity index (χ3n) is 1.71.